The van der Waals surface area contributed by atoms with E-state index in [1.165, 1.54) is 16.2 Å². The van der Waals surface area contributed by atoms with Gasteiger partial charge in [-0.2, -0.15) is 0 Å². The Morgan fingerprint density at radius 3 is 2.73 bits per heavy atom. The number of thiophene rings is 1. The molecule has 1 atom stereocenters. The van der Waals surface area contributed by atoms with Crippen molar-refractivity contribution in [3.05, 3.63) is 44.6 Å². The number of carbonyl (C=O) groups is 3. The van der Waals surface area contributed by atoms with Crippen molar-refractivity contribution in [2.24, 2.45) is 0 Å². The van der Waals surface area contributed by atoms with E-state index in [0.717, 1.165) is 0 Å². The second-order valence-electron chi connectivity index (χ2n) is 6.66. The van der Waals surface area contributed by atoms with Gasteiger partial charge in [-0.3, -0.25) is 14.5 Å². The highest BCUT2D eigenvalue weighted by Gasteiger charge is 2.34. The maximum atomic E-state index is 12.3. The molecule has 3 amide bonds. The Balaban J connectivity index is 1.40. The summed E-state index contributed by atoms with van der Waals surface area (Å²) in [6.45, 7) is 1.32. The minimum atomic E-state index is -0.550. The van der Waals surface area contributed by atoms with Crippen LogP contribution in [0.25, 0.3) is 0 Å². The number of ether oxygens (including phenoxy) is 2. The van der Waals surface area contributed by atoms with Gasteiger partial charge in [0.15, 0.2) is 0 Å². The van der Waals surface area contributed by atoms with Crippen LogP contribution in [0.4, 0.5) is 16.2 Å². The molecule has 158 valence electrons. The highest BCUT2D eigenvalue weighted by atomic mass is 35.5. The minimum Gasteiger partial charge on any atom is -0.442 e. The number of anilines is 2. The average molecular weight is 470 g/mol. The molecule has 0 saturated carbocycles. The Hall–Kier alpha value is -2.33. The molecule has 0 bridgehead atoms. The van der Waals surface area contributed by atoms with Crippen LogP contribution in [-0.2, 0) is 14.3 Å². The highest BCUT2D eigenvalue weighted by molar-refractivity contribution is 7.18. The van der Waals surface area contributed by atoms with Crippen molar-refractivity contribution in [1.29, 1.82) is 0 Å². The van der Waals surface area contributed by atoms with E-state index in [0.29, 0.717) is 38.8 Å². The molecule has 1 aromatic carbocycles. The fourth-order valence-electron chi connectivity index (χ4n) is 3.23. The Kier molecular flexibility index (Phi) is 6.14. The highest BCUT2D eigenvalue weighted by Crippen LogP contribution is 2.33. The summed E-state index contributed by atoms with van der Waals surface area (Å²) in [4.78, 5) is 40.0. The number of benzene rings is 1. The number of halogens is 2. The van der Waals surface area contributed by atoms with Gasteiger partial charge in [0, 0.05) is 12.2 Å². The van der Waals surface area contributed by atoms with Gasteiger partial charge in [-0.15, -0.1) is 11.3 Å². The lowest BCUT2D eigenvalue weighted by Crippen LogP contribution is -2.41. The third-order valence-electron chi connectivity index (χ3n) is 4.68. The molecule has 2 fully saturated rings. The van der Waals surface area contributed by atoms with Crippen LogP contribution in [0.15, 0.2) is 30.3 Å². The van der Waals surface area contributed by atoms with Crippen molar-refractivity contribution in [2.75, 3.05) is 42.6 Å². The molecule has 0 spiro atoms. The van der Waals surface area contributed by atoms with Crippen LogP contribution < -0.4 is 15.1 Å². The normalized spacial score (nSPS) is 19.2. The zero-order valence-corrected chi connectivity index (χ0v) is 17.9. The molecule has 0 aliphatic carbocycles. The van der Waals surface area contributed by atoms with E-state index in [1.807, 2.05) is 0 Å². The molecule has 11 heteroatoms. The van der Waals surface area contributed by atoms with Crippen molar-refractivity contribution >= 4 is 63.8 Å². The van der Waals surface area contributed by atoms with Gasteiger partial charge in [-0.25, -0.2) is 4.79 Å². The maximum Gasteiger partial charge on any atom is 0.414 e. The van der Waals surface area contributed by atoms with Gasteiger partial charge in [0.05, 0.1) is 39.6 Å². The molecule has 0 radical (unpaired) electrons. The lowest BCUT2D eigenvalue weighted by Gasteiger charge is -2.27. The number of nitrogens with zero attached hydrogens (tertiary/aromatic N) is 2. The van der Waals surface area contributed by atoms with Crippen LogP contribution >= 0.6 is 34.5 Å². The molecule has 4 rings (SSSR count). The van der Waals surface area contributed by atoms with E-state index in [1.54, 1.807) is 35.2 Å². The van der Waals surface area contributed by atoms with Crippen molar-refractivity contribution in [3.63, 3.8) is 0 Å². The van der Waals surface area contributed by atoms with E-state index in [-0.39, 0.29) is 31.5 Å². The first-order valence-corrected chi connectivity index (χ1v) is 10.7. The third kappa shape index (κ3) is 4.39. The Bertz CT molecular complexity index is 998. The molecule has 8 nitrogen and oxygen atoms in total. The first-order valence-electron chi connectivity index (χ1n) is 9.11. The van der Waals surface area contributed by atoms with Crippen LogP contribution in [0, 0.1) is 0 Å². The van der Waals surface area contributed by atoms with E-state index in [9.17, 15) is 14.4 Å². The number of amides is 3. The molecule has 1 aromatic heterocycles. The number of nitrogens with one attached hydrogen (secondary N) is 1. The Morgan fingerprint density at radius 2 is 2.03 bits per heavy atom. The number of hydrogen-bond donors (Lipinski definition) is 1. The lowest BCUT2D eigenvalue weighted by molar-refractivity contribution is -0.125. The molecule has 30 heavy (non-hydrogen) atoms. The predicted octanol–water partition coefficient (Wildman–Crippen LogP) is 3.17. The van der Waals surface area contributed by atoms with Crippen LogP contribution in [0.5, 0.6) is 0 Å². The summed E-state index contributed by atoms with van der Waals surface area (Å²) in [6.07, 6.45) is -1.07. The van der Waals surface area contributed by atoms with Gasteiger partial charge in [-0.05, 0) is 30.3 Å². The fraction of sp³-hybridized carbons (Fsp3) is 0.316. The van der Waals surface area contributed by atoms with Gasteiger partial charge in [0.25, 0.3) is 11.8 Å². The molecule has 1 N–H and O–H groups in total. The summed E-state index contributed by atoms with van der Waals surface area (Å²) < 4.78 is 11.0. The summed E-state index contributed by atoms with van der Waals surface area (Å²) in [6, 6.07) is 8.33. The zero-order valence-electron chi connectivity index (χ0n) is 15.6. The number of cyclic esters (lactones) is 1. The molecule has 2 aliphatic heterocycles. The van der Waals surface area contributed by atoms with Gasteiger partial charge in [0.2, 0.25) is 0 Å². The van der Waals surface area contributed by atoms with Crippen molar-refractivity contribution in [1.82, 2.24) is 5.32 Å². The first-order chi connectivity index (χ1) is 14.4. The van der Waals surface area contributed by atoms with Crippen LogP contribution in [0.2, 0.25) is 9.36 Å². The lowest BCUT2D eigenvalue weighted by atomic mass is 10.2. The number of rotatable bonds is 5. The van der Waals surface area contributed by atoms with Crippen molar-refractivity contribution < 1.29 is 23.9 Å². The van der Waals surface area contributed by atoms with Crippen molar-refractivity contribution in [2.45, 2.75) is 6.10 Å². The predicted molar refractivity (Wildman–Crippen MR) is 114 cm³/mol. The van der Waals surface area contributed by atoms with E-state index in [2.05, 4.69) is 5.32 Å². The third-order valence-corrected chi connectivity index (χ3v) is 6.21. The number of carbonyl (C=O) groups excluding carboxylic acids is 3. The smallest absolute Gasteiger partial charge is 0.414 e. The number of morpholine rings is 1. The molecule has 2 aliphatic rings. The quantitative estimate of drug-likeness (QED) is 0.726. The van der Waals surface area contributed by atoms with Gasteiger partial charge >= 0.3 is 6.09 Å². The Morgan fingerprint density at radius 1 is 1.20 bits per heavy atom. The first kappa shape index (κ1) is 20.9. The molecule has 2 aromatic rings. The summed E-state index contributed by atoms with van der Waals surface area (Å²) in [5.74, 6) is -0.424. The second kappa shape index (κ2) is 8.81. The second-order valence-corrected chi connectivity index (χ2v) is 8.79. The zero-order chi connectivity index (χ0) is 21.3. The monoisotopic (exact) mass is 469 g/mol. The van der Waals surface area contributed by atoms with E-state index < -0.39 is 12.2 Å². The standard InChI is InChI=1S/C19H17Cl2N3O5S/c20-13-7-11(23-5-6-28-10-17(23)25)1-2-14(13)24-9-12(29-19(24)27)8-22-18(26)15-3-4-16(21)30-15/h1-4,7,12H,5-6,8-10H2,(H,22,26)/t12-/m0/s1. The molecule has 2 saturated heterocycles. The maximum absolute atomic E-state index is 12.3. The van der Waals surface area contributed by atoms with Gasteiger partial charge < -0.3 is 19.7 Å². The van der Waals surface area contributed by atoms with E-state index in [4.69, 9.17) is 32.7 Å². The van der Waals surface area contributed by atoms with E-state index >= 15 is 0 Å². The molecule has 3 heterocycles. The largest absolute Gasteiger partial charge is 0.442 e. The summed E-state index contributed by atoms with van der Waals surface area (Å²) in [7, 11) is 0. The summed E-state index contributed by atoms with van der Waals surface area (Å²) in [5.41, 5.74) is 1.12. The minimum absolute atomic E-state index is 0.0307. The summed E-state index contributed by atoms with van der Waals surface area (Å²) >= 11 is 13.4. The Labute approximate surface area is 186 Å². The van der Waals surface area contributed by atoms with Crippen LogP contribution in [-0.4, -0.2) is 56.9 Å². The molecular formula is C19H17Cl2N3O5S. The average Bonchev–Trinajstić information content (AvgIpc) is 3.32. The fourth-order valence-corrected chi connectivity index (χ4v) is 4.46. The van der Waals surface area contributed by atoms with Gasteiger partial charge in [0.1, 0.15) is 12.7 Å². The topological polar surface area (TPSA) is 88.2 Å². The van der Waals surface area contributed by atoms with Crippen LogP contribution in [0.1, 0.15) is 9.67 Å². The van der Waals surface area contributed by atoms with Crippen LogP contribution in [0.3, 0.4) is 0 Å². The van der Waals surface area contributed by atoms with Gasteiger partial charge in [-0.1, -0.05) is 23.2 Å². The van der Waals surface area contributed by atoms with Crippen molar-refractivity contribution in [3.8, 4) is 0 Å². The molecule has 0 unspecified atom stereocenters. The number of hydrogen-bond acceptors (Lipinski definition) is 6. The summed E-state index contributed by atoms with van der Waals surface area (Å²) in [5, 5.41) is 3.06. The molecular weight excluding hydrogens is 453 g/mol. The SMILES string of the molecule is O=C(NC[C@H]1CN(c2ccc(N3CCOCC3=O)cc2Cl)C(=O)O1)c1ccc(Cl)s1.